The molecule has 0 fully saturated rings. The lowest BCUT2D eigenvalue weighted by molar-refractivity contribution is -0.132. The molecule has 3 aromatic rings. The lowest BCUT2D eigenvalue weighted by Gasteiger charge is -2.26. The molecule has 0 spiro atoms. The summed E-state index contributed by atoms with van der Waals surface area (Å²) in [6.45, 7) is 1.06. The van der Waals surface area contributed by atoms with Crippen molar-refractivity contribution in [1.29, 1.82) is 0 Å². The topological polar surface area (TPSA) is 60.1 Å². The van der Waals surface area contributed by atoms with Gasteiger partial charge in [0.25, 0.3) is 0 Å². The molecule has 138 valence electrons. The van der Waals surface area contributed by atoms with E-state index in [0.29, 0.717) is 29.6 Å². The third-order valence-corrected chi connectivity index (χ3v) is 4.77. The fraction of sp³-hybridized carbons (Fsp3) is 0.211. The van der Waals surface area contributed by atoms with Crippen LogP contribution in [0.1, 0.15) is 11.4 Å². The Morgan fingerprint density at radius 1 is 1.15 bits per heavy atom. The van der Waals surface area contributed by atoms with Gasteiger partial charge in [-0.25, -0.2) is 9.18 Å². The van der Waals surface area contributed by atoms with Crippen LogP contribution in [0.4, 0.5) is 4.39 Å². The van der Waals surface area contributed by atoms with Crippen LogP contribution in [0.2, 0.25) is 5.02 Å². The van der Waals surface area contributed by atoms with E-state index >= 15 is 0 Å². The largest absolute Gasteiger partial charge is 0.350 e. The fourth-order valence-corrected chi connectivity index (χ4v) is 3.36. The number of aromatic nitrogens is 3. The Balaban J connectivity index is 1.54. The summed E-state index contributed by atoms with van der Waals surface area (Å²) < 4.78 is 15.9. The molecule has 1 aliphatic rings. The van der Waals surface area contributed by atoms with E-state index < -0.39 is 0 Å². The van der Waals surface area contributed by atoms with E-state index in [1.165, 1.54) is 28.9 Å². The zero-order valence-electron chi connectivity index (χ0n) is 14.3. The molecular weight excluding hydrogens is 371 g/mol. The molecule has 4 rings (SSSR count). The summed E-state index contributed by atoms with van der Waals surface area (Å²) in [6.07, 6.45) is 0.240. The Bertz CT molecular complexity index is 1060. The summed E-state index contributed by atoms with van der Waals surface area (Å²) in [5, 5.41) is 4.92. The van der Waals surface area contributed by atoms with Crippen molar-refractivity contribution in [3.05, 3.63) is 81.2 Å². The van der Waals surface area contributed by atoms with Crippen LogP contribution in [0.15, 0.2) is 53.3 Å². The first kappa shape index (κ1) is 17.5. The van der Waals surface area contributed by atoms with Crippen LogP contribution in [-0.2, 0) is 24.3 Å². The SMILES string of the molecule is O=C(Cc1cccc(Cl)c1)N1CCn2c(nn(-c3ccc(F)cc3)c2=O)C1. The molecule has 1 aliphatic heterocycles. The average molecular weight is 387 g/mol. The van der Waals surface area contributed by atoms with Crippen molar-refractivity contribution < 1.29 is 9.18 Å². The highest BCUT2D eigenvalue weighted by molar-refractivity contribution is 6.30. The fourth-order valence-electron chi connectivity index (χ4n) is 3.15. The van der Waals surface area contributed by atoms with Crippen LogP contribution in [0.25, 0.3) is 5.69 Å². The van der Waals surface area contributed by atoms with E-state index in [-0.39, 0.29) is 30.4 Å². The number of hydrogen-bond acceptors (Lipinski definition) is 3. The second kappa shape index (κ2) is 7.00. The Hall–Kier alpha value is -2.93. The third-order valence-electron chi connectivity index (χ3n) is 4.53. The van der Waals surface area contributed by atoms with E-state index in [1.54, 1.807) is 21.6 Å². The van der Waals surface area contributed by atoms with Gasteiger partial charge in [0.1, 0.15) is 5.82 Å². The number of benzene rings is 2. The van der Waals surface area contributed by atoms with Gasteiger partial charge in [-0.1, -0.05) is 23.7 Å². The second-order valence-corrected chi connectivity index (χ2v) is 6.80. The smallest absolute Gasteiger partial charge is 0.333 e. The van der Waals surface area contributed by atoms with Crippen LogP contribution in [0.5, 0.6) is 0 Å². The summed E-state index contributed by atoms with van der Waals surface area (Å²) in [5.74, 6) is 0.0795. The first-order chi connectivity index (χ1) is 13.0. The van der Waals surface area contributed by atoms with E-state index in [2.05, 4.69) is 5.10 Å². The quantitative estimate of drug-likeness (QED) is 0.694. The van der Waals surface area contributed by atoms with E-state index in [1.807, 2.05) is 12.1 Å². The van der Waals surface area contributed by atoms with Crippen molar-refractivity contribution in [2.24, 2.45) is 0 Å². The van der Waals surface area contributed by atoms with Gasteiger partial charge >= 0.3 is 5.69 Å². The number of carbonyl (C=O) groups is 1. The molecule has 8 heteroatoms. The lowest BCUT2D eigenvalue weighted by Crippen LogP contribution is -2.41. The summed E-state index contributed by atoms with van der Waals surface area (Å²) in [5.41, 5.74) is 1.03. The Kier molecular flexibility index (Phi) is 4.53. The minimum Gasteiger partial charge on any atom is -0.333 e. The van der Waals surface area contributed by atoms with Crippen molar-refractivity contribution in [2.45, 2.75) is 19.5 Å². The number of rotatable bonds is 3. The van der Waals surface area contributed by atoms with Gasteiger partial charge in [0.15, 0.2) is 5.82 Å². The minimum atomic E-state index is -0.381. The molecule has 2 heterocycles. The number of carbonyl (C=O) groups excluding carboxylic acids is 1. The molecule has 0 unspecified atom stereocenters. The summed E-state index contributed by atoms with van der Waals surface area (Å²) in [6, 6.07) is 12.7. The Labute approximate surface area is 159 Å². The van der Waals surface area contributed by atoms with Gasteiger partial charge in [-0.3, -0.25) is 9.36 Å². The van der Waals surface area contributed by atoms with Gasteiger partial charge in [-0.2, -0.15) is 4.68 Å². The first-order valence-corrected chi connectivity index (χ1v) is 8.86. The minimum absolute atomic E-state index is 0.0488. The van der Waals surface area contributed by atoms with E-state index in [9.17, 15) is 14.0 Å². The van der Waals surface area contributed by atoms with Crippen molar-refractivity contribution in [3.63, 3.8) is 0 Å². The highest BCUT2D eigenvalue weighted by Crippen LogP contribution is 2.15. The number of fused-ring (bicyclic) bond motifs is 1. The van der Waals surface area contributed by atoms with Gasteiger partial charge in [0.2, 0.25) is 5.91 Å². The average Bonchev–Trinajstić information content (AvgIpc) is 2.98. The van der Waals surface area contributed by atoms with Crippen molar-refractivity contribution in [1.82, 2.24) is 19.2 Å². The summed E-state index contributed by atoms with van der Waals surface area (Å²) in [4.78, 5) is 26.8. The van der Waals surface area contributed by atoms with Crippen LogP contribution in [-0.4, -0.2) is 31.7 Å². The maximum atomic E-state index is 13.1. The molecule has 0 radical (unpaired) electrons. The van der Waals surface area contributed by atoms with Gasteiger partial charge < -0.3 is 4.90 Å². The molecule has 1 amide bonds. The molecule has 0 N–H and O–H groups in total. The molecule has 27 heavy (non-hydrogen) atoms. The Morgan fingerprint density at radius 3 is 2.67 bits per heavy atom. The lowest BCUT2D eigenvalue weighted by atomic mass is 10.1. The van der Waals surface area contributed by atoms with Gasteiger partial charge in [-0.05, 0) is 42.0 Å². The zero-order valence-corrected chi connectivity index (χ0v) is 15.1. The molecule has 2 aromatic carbocycles. The highest BCUT2D eigenvalue weighted by Gasteiger charge is 2.25. The van der Waals surface area contributed by atoms with Crippen molar-refractivity contribution >= 4 is 17.5 Å². The molecule has 0 aliphatic carbocycles. The van der Waals surface area contributed by atoms with Crippen LogP contribution >= 0.6 is 11.6 Å². The predicted molar refractivity (Wildman–Crippen MR) is 98.4 cm³/mol. The molecule has 6 nitrogen and oxygen atoms in total. The monoisotopic (exact) mass is 386 g/mol. The number of amides is 1. The van der Waals surface area contributed by atoms with Gasteiger partial charge in [0.05, 0.1) is 18.7 Å². The van der Waals surface area contributed by atoms with Crippen LogP contribution in [0.3, 0.4) is 0 Å². The maximum Gasteiger partial charge on any atom is 0.350 e. The molecule has 1 aromatic heterocycles. The molecule has 0 saturated heterocycles. The maximum absolute atomic E-state index is 13.1. The summed E-state index contributed by atoms with van der Waals surface area (Å²) >= 11 is 5.97. The Morgan fingerprint density at radius 2 is 1.93 bits per heavy atom. The third kappa shape index (κ3) is 3.50. The number of nitrogens with zero attached hydrogens (tertiary/aromatic N) is 4. The van der Waals surface area contributed by atoms with E-state index in [0.717, 1.165) is 5.56 Å². The van der Waals surface area contributed by atoms with Crippen LogP contribution < -0.4 is 5.69 Å². The molecule has 0 bridgehead atoms. The van der Waals surface area contributed by atoms with Gasteiger partial charge in [0, 0.05) is 18.1 Å². The van der Waals surface area contributed by atoms with E-state index in [4.69, 9.17) is 11.6 Å². The summed E-state index contributed by atoms with van der Waals surface area (Å²) in [7, 11) is 0. The number of halogens is 2. The van der Waals surface area contributed by atoms with Gasteiger partial charge in [-0.15, -0.1) is 5.10 Å². The highest BCUT2D eigenvalue weighted by atomic mass is 35.5. The predicted octanol–water partition coefficient (Wildman–Crippen LogP) is 2.41. The molecular formula is C19H16ClFN4O2. The normalized spacial score (nSPS) is 13.5. The van der Waals surface area contributed by atoms with Crippen molar-refractivity contribution in [3.8, 4) is 5.69 Å². The number of hydrogen-bond donors (Lipinski definition) is 0. The molecule has 0 atom stereocenters. The first-order valence-electron chi connectivity index (χ1n) is 8.48. The van der Waals surface area contributed by atoms with Crippen molar-refractivity contribution in [2.75, 3.05) is 6.54 Å². The zero-order chi connectivity index (χ0) is 19.0. The second-order valence-electron chi connectivity index (χ2n) is 6.36. The molecule has 0 saturated carbocycles. The van der Waals surface area contributed by atoms with Crippen LogP contribution in [0, 0.1) is 5.82 Å². The standard InChI is InChI=1S/C19H16ClFN4O2/c20-14-3-1-2-13(10-14)11-18(26)23-8-9-24-17(12-23)22-25(19(24)27)16-6-4-15(21)5-7-16/h1-7,10H,8-9,11-12H2.